The van der Waals surface area contributed by atoms with Crippen molar-refractivity contribution in [2.45, 2.75) is 27.2 Å². The van der Waals surface area contributed by atoms with E-state index in [4.69, 9.17) is 0 Å². The zero-order chi connectivity index (χ0) is 12.5. The molecule has 0 radical (unpaired) electrons. The fourth-order valence-electron chi connectivity index (χ4n) is 2.06. The normalized spacial score (nSPS) is 14.4. The van der Waals surface area contributed by atoms with E-state index in [1.165, 1.54) is 5.69 Å². The molecule has 3 nitrogen and oxygen atoms in total. The quantitative estimate of drug-likeness (QED) is 0.905. The standard InChI is InChI=1S/C13H21N3S/c1-13(2,3)10(8-14-4)7-11-9-16-5-6-17-12(16)15-11/h5-6,9-10,14H,7-8H2,1-4H3. The summed E-state index contributed by atoms with van der Waals surface area (Å²) in [5.74, 6) is 0.608. The van der Waals surface area contributed by atoms with Crippen LogP contribution in [0.3, 0.4) is 0 Å². The largest absolute Gasteiger partial charge is 0.319 e. The van der Waals surface area contributed by atoms with E-state index in [0.717, 1.165) is 17.9 Å². The van der Waals surface area contributed by atoms with Gasteiger partial charge in [-0.15, -0.1) is 11.3 Å². The van der Waals surface area contributed by atoms with Crippen LogP contribution < -0.4 is 5.32 Å². The molecule has 17 heavy (non-hydrogen) atoms. The molecule has 94 valence electrons. The predicted octanol–water partition coefficient (Wildman–Crippen LogP) is 2.82. The molecule has 0 aliphatic heterocycles. The number of imidazole rings is 1. The second-order valence-electron chi connectivity index (χ2n) is 5.65. The van der Waals surface area contributed by atoms with Crippen LogP contribution in [0.15, 0.2) is 17.8 Å². The van der Waals surface area contributed by atoms with Crippen molar-refractivity contribution in [3.63, 3.8) is 0 Å². The summed E-state index contributed by atoms with van der Waals surface area (Å²) in [6.45, 7) is 7.93. The van der Waals surface area contributed by atoms with Crippen LogP contribution in [0.25, 0.3) is 4.96 Å². The maximum absolute atomic E-state index is 4.66. The van der Waals surface area contributed by atoms with Crippen molar-refractivity contribution in [1.82, 2.24) is 14.7 Å². The number of nitrogens with one attached hydrogen (secondary N) is 1. The number of aromatic nitrogens is 2. The third-order valence-corrected chi connectivity index (χ3v) is 4.04. The van der Waals surface area contributed by atoms with Crippen LogP contribution in [-0.2, 0) is 6.42 Å². The molecule has 0 aliphatic rings. The molecule has 0 amide bonds. The Labute approximate surface area is 107 Å². The zero-order valence-corrected chi connectivity index (χ0v) is 11.8. The molecule has 0 saturated heterocycles. The molecular formula is C13H21N3S. The third-order valence-electron chi connectivity index (χ3n) is 3.27. The highest BCUT2D eigenvalue weighted by Crippen LogP contribution is 2.28. The maximum Gasteiger partial charge on any atom is 0.193 e. The Kier molecular flexibility index (Phi) is 3.54. The first-order valence-electron chi connectivity index (χ1n) is 6.06. The smallest absolute Gasteiger partial charge is 0.193 e. The summed E-state index contributed by atoms with van der Waals surface area (Å²) in [4.78, 5) is 5.76. The van der Waals surface area contributed by atoms with E-state index in [2.05, 4.69) is 53.2 Å². The molecule has 0 fully saturated rings. The Bertz CT molecular complexity index is 450. The average Bonchev–Trinajstić information content (AvgIpc) is 2.75. The summed E-state index contributed by atoms with van der Waals surface area (Å²) in [5, 5.41) is 5.36. The van der Waals surface area contributed by atoms with Crippen LogP contribution in [-0.4, -0.2) is 23.0 Å². The van der Waals surface area contributed by atoms with Crippen molar-refractivity contribution < 1.29 is 0 Å². The molecule has 2 aromatic rings. The van der Waals surface area contributed by atoms with Crippen molar-refractivity contribution in [2.75, 3.05) is 13.6 Å². The van der Waals surface area contributed by atoms with Gasteiger partial charge < -0.3 is 5.32 Å². The third kappa shape index (κ3) is 2.87. The van der Waals surface area contributed by atoms with Gasteiger partial charge in [0.05, 0.1) is 5.69 Å². The molecule has 0 spiro atoms. The number of fused-ring (bicyclic) bond motifs is 1. The Balaban J connectivity index is 2.15. The summed E-state index contributed by atoms with van der Waals surface area (Å²) < 4.78 is 2.11. The highest BCUT2D eigenvalue weighted by Gasteiger charge is 2.25. The summed E-state index contributed by atoms with van der Waals surface area (Å²) >= 11 is 1.69. The van der Waals surface area contributed by atoms with Gasteiger partial charge in [0, 0.05) is 17.8 Å². The Morgan fingerprint density at radius 1 is 1.47 bits per heavy atom. The van der Waals surface area contributed by atoms with Gasteiger partial charge in [0.1, 0.15) is 0 Å². The highest BCUT2D eigenvalue weighted by molar-refractivity contribution is 7.15. The first-order chi connectivity index (χ1) is 8.00. The molecule has 0 bridgehead atoms. The predicted molar refractivity (Wildman–Crippen MR) is 73.6 cm³/mol. The maximum atomic E-state index is 4.66. The molecule has 0 aliphatic carbocycles. The number of nitrogens with zero attached hydrogens (tertiary/aromatic N) is 2. The van der Waals surface area contributed by atoms with Crippen molar-refractivity contribution in [2.24, 2.45) is 11.3 Å². The number of thiazole rings is 1. The van der Waals surface area contributed by atoms with Gasteiger partial charge in [-0.1, -0.05) is 20.8 Å². The van der Waals surface area contributed by atoms with Gasteiger partial charge in [-0.3, -0.25) is 4.40 Å². The van der Waals surface area contributed by atoms with E-state index in [9.17, 15) is 0 Å². The van der Waals surface area contributed by atoms with Crippen LogP contribution in [0.5, 0.6) is 0 Å². The molecule has 1 N–H and O–H groups in total. The Hall–Kier alpha value is -0.870. The van der Waals surface area contributed by atoms with E-state index in [0.29, 0.717) is 11.3 Å². The topological polar surface area (TPSA) is 29.3 Å². The van der Waals surface area contributed by atoms with Crippen molar-refractivity contribution >= 4 is 16.3 Å². The minimum absolute atomic E-state index is 0.306. The molecule has 1 unspecified atom stereocenters. The zero-order valence-electron chi connectivity index (χ0n) is 11.0. The van der Waals surface area contributed by atoms with Crippen molar-refractivity contribution in [1.29, 1.82) is 0 Å². The van der Waals surface area contributed by atoms with Gasteiger partial charge in [0.25, 0.3) is 0 Å². The first-order valence-corrected chi connectivity index (χ1v) is 6.94. The summed E-state index contributed by atoms with van der Waals surface area (Å²) in [5.41, 5.74) is 1.51. The van der Waals surface area contributed by atoms with E-state index < -0.39 is 0 Å². The van der Waals surface area contributed by atoms with Gasteiger partial charge in [-0.05, 0) is 31.3 Å². The van der Waals surface area contributed by atoms with E-state index in [-0.39, 0.29) is 0 Å². The molecular weight excluding hydrogens is 230 g/mol. The fraction of sp³-hybridized carbons (Fsp3) is 0.615. The second-order valence-corrected chi connectivity index (χ2v) is 6.52. The number of hydrogen-bond donors (Lipinski definition) is 1. The van der Waals surface area contributed by atoms with Gasteiger partial charge in [-0.25, -0.2) is 4.98 Å². The van der Waals surface area contributed by atoms with Crippen LogP contribution in [0.2, 0.25) is 0 Å². The van der Waals surface area contributed by atoms with E-state index in [1.807, 2.05) is 7.05 Å². The van der Waals surface area contributed by atoms with Gasteiger partial charge in [0.2, 0.25) is 0 Å². The van der Waals surface area contributed by atoms with Crippen molar-refractivity contribution in [3.8, 4) is 0 Å². The lowest BCUT2D eigenvalue weighted by Gasteiger charge is -2.30. The highest BCUT2D eigenvalue weighted by atomic mass is 32.1. The van der Waals surface area contributed by atoms with Gasteiger partial charge in [-0.2, -0.15) is 0 Å². The van der Waals surface area contributed by atoms with Gasteiger partial charge in [0.15, 0.2) is 4.96 Å². The van der Waals surface area contributed by atoms with Crippen LogP contribution in [0.1, 0.15) is 26.5 Å². The monoisotopic (exact) mass is 251 g/mol. The first kappa shape index (κ1) is 12.6. The fourth-order valence-corrected chi connectivity index (χ4v) is 2.78. The molecule has 2 rings (SSSR count). The van der Waals surface area contributed by atoms with Crippen molar-refractivity contribution in [3.05, 3.63) is 23.5 Å². The average molecular weight is 251 g/mol. The number of rotatable bonds is 4. The lowest BCUT2D eigenvalue weighted by Crippen LogP contribution is -2.31. The Morgan fingerprint density at radius 3 is 2.82 bits per heavy atom. The summed E-state index contributed by atoms with van der Waals surface area (Å²) in [6.07, 6.45) is 5.26. The summed E-state index contributed by atoms with van der Waals surface area (Å²) in [7, 11) is 2.02. The second kappa shape index (κ2) is 4.78. The SMILES string of the molecule is CNCC(Cc1cn2ccsc2n1)C(C)(C)C. The molecule has 2 aromatic heterocycles. The van der Waals surface area contributed by atoms with Crippen LogP contribution in [0, 0.1) is 11.3 Å². The van der Waals surface area contributed by atoms with E-state index in [1.54, 1.807) is 11.3 Å². The molecule has 0 aromatic carbocycles. The molecule has 1 atom stereocenters. The Morgan fingerprint density at radius 2 is 2.24 bits per heavy atom. The molecule has 4 heteroatoms. The number of hydrogen-bond acceptors (Lipinski definition) is 3. The lowest BCUT2D eigenvalue weighted by atomic mass is 9.78. The van der Waals surface area contributed by atoms with E-state index >= 15 is 0 Å². The summed E-state index contributed by atoms with van der Waals surface area (Å²) in [6, 6.07) is 0. The minimum atomic E-state index is 0.306. The molecule has 2 heterocycles. The van der Waals surface area contributed by atoms with Gasteiger partial charge >= 0.3 is 0 Å². The van der Waals surface area contributed by atoms with Crippen LogP contribution >= 0.6 is 11.3 Å². The van der Waals surface area contributed by atoms with Crippen LogP contribution in [0.4, 0.5) is 0 Å². The molecule has 0 saturated carbocycles. The minimum Gasteiger partial charge on any atom is -0.319 e. The lowest BCUT2D eigenvalue weighted by molar-refractivity contribution is 0.233.